The summed E-state index contributed by atoms with van der Waals surface area (Å²) >= 11 is 0. The molecule has 2 N–H and O–H groups in total. The fourth-order valence-electron chi connectivity index (χ4n) is 2.33. The van der Waals surface area contributed by atoms with Crippen molar-refractivity contribution in [1.29, 1.82) is 0 Å². The van der Waals surface area contributed by atoms with Crippen molar-refractivity contribution < 1.29 is 13.2 Å². The van der Waals surface area contributed by atoms with Gasteiger partial charge < -0.3 is 15.0 Å². The predicted molar refractivity (Wildman–Crippen MR) is 74.7 cm³/mol. The van der Waals surface area contributed by atoms with E-state index in [2.05, 4.69) is 4.98 Å². The van der Waals surface area contributed by atoms with E-state index in [0.29, 0.717) is 12.4 Å². The molecule has 0 saturated carbocycles. The molecule has 1 aromatic heterocycles. The van der Waals surface area contributed by atoms with Crippen LogP contribution < -0.4 is 5.73 Å². The lowest BCUT2D eigenvalue weighted by Crippen LogP contribution is -2.56. The largest absolute Gasteiger partial charge is 0.368 e. The van der Waals surface area contributed by atoms with Crippen molar-refractivity contribution in [2.24, 2.45) is 12.8 Å². The summed E-state index contributed by atoms with van der Waals surface area (Å²) < 4.78 is 34.2. The number of sulfonamides is 1. The normalized spacial score (nSPS) is 23.9. The van der Waals surface area contributed by atoms with Gasteiger partial charge in [0.1, 0.15) is 5.82 Å². The van der Waals surface area contributed by atoms with Crippen molar-refractivity contribution in [3.63, 3.8) is 0 Å². The Bertz CT molecular complexity index is 574. The minimum absolute atomic E-state index is 0.0750. The van der Waals surface area contributed by atoms with Crippen LogP contribution in [0.2, 0.25) is 0 Å². The van der Waals surface area contributed by atoms with Gasteiger partial charge in [0.05, 0.1) is 11.7 Å². The molecule has 0 radical (unpaired) electrons. The molecule has 2 rings (SSSR count). The molecule has 7 nitrogen and oxygen atoms in total. The molecule has 114 valence electrons. The van der Waals surface area contributed by atoms with E-state index in [4.69, 9.17) is 10.5 Å². The molecule has 1 atom stereocenters. The average molecular weight is 302 g/mol. The van der Waals surface area contributed by atoms with Crippen LogP contribution in [0.3, 0.4) is 0 Å². The number of aromatic nitrogens is 2. The van der Waals surface area contributed by atoms with Gasteiger partial charge in [-0.05, 0) is 20.8 Å². The highest BCUT2D eigenvalue weighted by Gasteiger charge is 2.39. The van der Waals surface area contributed by atoms with Gasteiger partial charge in [-0.15, -0.1) is 0 Å². The smallest absolute Gasteiger partial charge is 0.262 e. The third kappa shape index (κ3) is 2.88. The summed E-state index contributed by atoms with van der Waals surface area (Å²) in [6.45, 7) is 6.34. The third-order valence-corrected chi connectivity index (χ3v) is 5.09. The zero-order valence-corrected chi connectivity index (χ0v) is 13.1. The van der Waals surface area contributed by atoms with Gasteiger partial charge in [-0.25, -0.2) is 13.4 Å². The number of hydrogen-bond acceptors (Lipinski definition) is 5. The van der Waals surface area contributed by atoms with E-state index in [1.54, 1.807) is 18.5 Å². The van der Waals surface area contributed by atoms with Crippen LogP contribution in [0.25, 0.3) is 0 Å². The van der Waals surface area contributed by atoms with Crippen LogP contribution in [0.1, 0.15) is 19.7 Å². The summed E-state index contributed by atoms with van der Waals surface area (Å²) in [5, 5.41) is 0.0750. The first kappa shape index (κ1) is 15.4. The lowest BCUT2D eigenvalue weighted by Gasteiger charge is -2.41. The van der Waals surface area contributed by atoms with Gasteiger partial charge in [-0.3, -0.25) is 0 Å². The van der Waals surface area contributed by atoms with Crippen molar-refractivity contribution >= 4 is 10.0 Å². The number of nitrogens with zero attached hydrogens (tertiary/aromatic N) is 3. The molecule has 8 heteroatoms. The molecule has 1 aliphatic rings. The lowest BCUT2D eigenvalue weighted by molar-refractivity contribution is -0.112. The second-order valence-corrected chi connectivity index (χ2v) is 7.65. The number of morpholine rings is 1. The zero-order chi connectivity index (χ0) is 15.1. The number of hydrogen-bond donors (Lipinski definition) is 1. The highest BCUT2D eigenvalue weighted by molar-refractivity contribution is 7.89. The molecule has 0 aromatic carbocycles. The summed E-state index contributed by atoms with van der Waals surface area (Å²) in [5.41, 5.74) is 5.07. The molecule has 0 amide bonds. The Kier molecular flexibility index (Phi) is 3.94. The standard InChI is InChI=1S/C12H22N4O3S/c1-9-14-11(7-15(9)4)20(17,18)16-6-10(5-13)19-12(2,3)8-16/h7,10H,5-6,8,13H2,1-4H3. The van der Waals surface area contributed by atoms with E-state index >= 15 is 0 Å². The summed E-state index contributed by atoms with van der Waals surface area (Å²) in [6, 6.07) is 0. The summed E-state index contributed by atoms with van der Waals surface area (Å²) in [7, 11) is -1.84. The number of aryl methyl sites for hydroxylation is 2. The Balaban J connectivity index is 2.33. The quantitative estimate of drug-likeness (QED) is 0.839. The van der Waals surface area contributed by atoms with E-state index < -0.39 is 15.6 Å². The fraction of sp³-hybridized carbons (Fsp3) is 0.750. The van der Waals surface area contributed by atoms with Gasteiger partial charge in [-0.1, -0.05) is 0 Å². The van der Waals surface area contributed by atoms with Gasteiger partial charge in [0.15, 0.2) is 5.03 Å². The predicted octanol–water partition coefficient (Wildman–Crippen LogP) is -0.145. The maximum absolute atomic E-state index is 12.7. The summed E-state index contributed by atoms with van der Waals surface area (Å²) in [4.78, 5) is 4.12. The molecular formula is C12H22N4O3S. The van der Waals surface area contributed by atoms with Crippen molar-refractivity contribution in [2.45, 2.75) is 37.5 Å². The number of ether oxygens (including phenoxy) is 1. The highest BCUT2D eigenvalue weighted by atomic mass is 32.2. The second-order valence-electron chi connectivity index (χ2n) is 5.77. The van der Waals surface area contributed by atoms with Gasteiger partial charge >= 0.3 is 0 Å². The van der Waals surface area contributed by atoms with Crippen LogP contribution in [0.4, 0.5) is 0 Å². The van der Waals surface area contributed by atoms with Crippen LogP contribution in [-0.4, -0.2) is 53.6 Å². The first-order valence-electron chi connectivity index (χ1n) is 6.54. The van der Waals surface area contributed by atoms with Gasteiger partial charge in [-0.2, -0.15) is 4.31 Å². The van der Waals surface area contributed by atoms with Crippen molar-refractivity contribution in [3.05, 3.63) is 12.0 Å². The molecular weight excluding hydrogens is 280 g/mol. The lowest BCUT2D eigenvalue weighted by atomic mass is 10.1. The minimum Gasteiger partial charge on any atom is -0.368 e. The van der Waals surface area contributed by atoms with Gasteiger partial charge in [0.2, 0.25) is 0 Å². The molecule has 1 saturated heterocycles. The molecule has 20 heavy (non-hydrogen) atoms. The summed E-state index contributed by atoms with van der Waals surface area (Å²) in [6.07, 6.45) is 1.24. The third-order valence-electron chi connectivity index (χ3n) is 3.40. The number of rotatable bonds is 3. The Hall–Kier alpha value is -0.960. The van der Waals surface area contributed by atoms with E-state index in [1.165, 1.54) is 10.5 Å². The van der Waals surface area contributed by atoms with Crippen LogP contribution >= 0.6 is 0 Å². The molecule has 0 spiro atoms. The second kappa shape index (κ2) is 5.10. The Morgan fingerprint density at radius 2 is 2.20 bits per heavy atom. The average Bonchev–Trinajstić information content (AvgIpc) is 2.68. The maximum Gasteiger partial charge on any atom is 0.262 e. The van der Waals surface area contributed by atoms with Crippen LogP contribution in [0.5, 0.6) is 0 Å². The first-order valence-corrected chi connectivity index (χ1v) is 7.98. The van der Waals surface area contributed by atoms with Crippen LogP contribution in [0, 0.1) is 6.92 Å². The summed E-state index contributed by atoms with van der Waals surface area (Å²) in [5.74, 6) is 0.659. The molecule has 1 fully saturated rings. The highest BCUT2D eigenvalue weighted by Crippen LogP contribution is 2.25. The molecule has 1 aliphatic heterocycles. The minimum atomic E-state index is -3.61. The fourth-order valence-corrected chi connectivity index (χ4v) is 3.98. The van der Waals surface area contributed by atoms with Crippen molar-refractivity contribution in [2.75, 3.05) is 19.6 Å². The Labute approximate surface area is 119 Å². The molecule has 1 aromatic rings. The SMILES string of the molecule is Cc1nc(S(=O)(=O)N2CC(CN)OC(C)(C)C2)cn1C. The van der Waals surface area contributed by atoms with Crippen molar-refractivity contribution in [3.8, 4) is 0 Å². The van der Waals surface area contributed by atoms with E-state index in [0.717, 1.165) is 0 Å². The Morgan fingerprint density at radius 3 is 2.70 bits per heavy atom. The Morgan fingerprint density at radius 1 is 1.55 bits per heavy atom. The van der Waals surface area contributed by atoms with E-state index in [-0.39, 0.29) is 24.2 Å². The van der Waals surface area contributed by atoms with Crippen LogP contribution in [0.15, 0.2) is 11.2 Å². The molecule has 0 bridgehead atoms. The van der Waals surface area contributed by atoms with E-state index in [9.17, 15) is 8.42 Å². The van der Waals surface area contributed by atoms with Gasteiger partial charge in [0.25, 0.3) is 10.0 Å². The van der Waals surface area contributed by atoms with Crippen molar-refractivity contribution in [1.82, 2.24) is 13.9 Å². The topological polar surface area (TPSA) is 90.5 Å². The zero-order valence-electron chi connectivity index (χ0n) is 12.3. The van der Waals surface area contributed by atoms with E-state index in [1.807, 2.05) is 13.8 Å². The number of imidazole rings is 1. The monoisotopic (exact) mass is 302 g/mol. The maximum atomic E-state index is 12.7. The first-order chi connectivity index (χ1) is 9.15. The molecule has 0 aliphatic carbocycles. The van der Waals surface area contributed by atoms with Gasteiger partial charge in [0, 0.05) is 32.9 Å². The van der Waals surface area contributed by atoms with Crippen LogP contribution in [-0.2, 0) is 21.8 Å². The molecule has 1 unspecified atom stereocenters. The molecule has 2 heterocycles. The number of nitrogens with two attached hydrogens (primary N) is 1.